The second kappa shape index (κ2) is 6.83. The van der Waals surface area contributed by atoms with E-state index in [0.29, 0.717) is 18.7 Å². The first-order chi connectivity index (χ1) is 9.66. The Labute approximate surface area is 117 Å². The van der Waals surface area contributed by atoms with Crippen LogP contribution in [0, 0.1) is 10.1 Å². The molecule has 0 radical (unpaired) electrons. The summed E-state index contributed by atoms with van der Waals surface area (Å²) in [5, 5.41) is 13.5. The van der Waals surface area contributed by atoms with Gasteiger partial charge in [-0.05, 0) is 35.2 Å². The van der Waals surface area contributed by atoms with Crippen LogP contribution in [0.1, 0.15) is 25.7 Å². The number of pyridine rings is 1. The number of rotatable bonds is 5. The molecule has 1 aromatic rings. The number of nitrogens with zero attached hydrogens (tertiary/aromatic N) is 3. The fraction of sp³-hybridized carbons (Fsp3) is 0.538. The van der Waals surface area contributed by atoms with Crippen LogP contribution in [0.4, 0.5) is 11.5 Å². The molecule has 1 N–H and O–H groups in total. The van der Waals surface area contributed by atoms with Gasteiger partial charge in [-0.1, -0.05) is 0 Å². The quantitative estimate of drug-likeness (QED) is 0.655. The second-order valence-corrected chi connectivity index (χ2v) is 4.78. The summed E-state index contributed by atoms with van der Waals surface area (Å²) in [5.74, 6) is -0.0213. The number of aromatic nitrogens is 1. The first-order valence-corrected chi connectivity index (χ1v) is 6.79. The molecular formula is C13H18N4O3. The van der Waals surface area contributed by atoms with Crippen LogP contribution in [0.3, 0.4) is 0 Å². The largest absolute Gasteiger partial charge is 0.381 e. The maximum absolute atomic E-state index is 11.9. The topological polar surface area (TPSA) is 88.4 Å². The molecule has 0 bridgehead atoms. The summed E-state index contributed by atoms with van der Waals surface area (Å²) in [4.78, 5) is 27.4. The van der Waals surface area contributed by atoms with Crippen LogP contribution in [-0.2, 0) is 4.79 Å². The van der Waals surface area contributed by atoms with Gasteiger partial charge in [-0.25, -0.2) is 0 Å². The number of amides is 1. The molecule has 2 heterocycles. The molecule has 0 unspecified atom stereocenters. The van der Waals surface area contributed by atoms with Crippen molar-refractivity contribution in [3.63, 3.8) is 0 Å². The number of carbonyl (C=O) groups is 1. The Balaban J connectivity index is 1.74. The van der Waals surface area contributed by atoms with Gasteiger partial charge >= 0.3 is 5.82 Å². The molecule has 7 heteroatoms. The molecule has 1 aliphatic rings. The number of carbonyl (C=O) groups excluding carboxylic acids is 1. The number of nitrogens with one attached hydrogen (secondary N) is 1. The summed E-state index contributed by atoms with van der Waals surface area (Å²) in [5.41, 5.74) is 0.682. The van der Waals surface area contributed by atoms with Gasteiger partial charge in [0.15, 0.2) is 6.20 Å². The number of piperidine rings is 1. The van der Waals surface area contributed by atoms with E-state index in [1.54, 1.807) is 6.07 Å². The van der Waals surface area contributed by atoms with E-state index in [9.17, 15) is 14.9 Å². The SMILES string of the molecule is O=C(CCNc1ccc([N+](=O)[O-])nc1)N1CCCCC1. The lowest BCUT2D eigenvalue weighted by atomic mass is 10.1. The van der Waals surface area contributed by atoms with E-state index in [1.807, 2.05) is 4.90 Å². The lowest BCUT2D eigenvalue weighted by Gasteiger charge is -2.26. The molecule has 7 nitrogen and oxygen atoms in total. The van der Waals surface area contributed by atoms with Crippen LogP contribution >= 0.6 is 0 Å². The zero-order valence-electron chi connectivity index (χ0n) is 11.2. The van der Waals surface area contributed by atoms with Crippen LogP contribution in [0.5, 0.6) is 0 Å². The molecule has 0 spiro atoms. The third kappa shape index (κ3) is 3.91. The standard InChI is InChI=1S/C13H18N4O3/c18-13(16-8-2-1-3-9-16)6-7-14-11-4-5-12(15-10-11)17(19)20/h4-5,10,14H,1-3,6-9H2. The van der Waals surface area contributed by atoms with Crippen LogP contribution in [-0.4, -0.2) is 40.3 Å². The Kier molecular flexibility index (Phi) is 4.86. The maximum Gasteiger partial charge on any atom is 0.363 e. The van der Waals surface area contributed by atoms with Gasteiger partial charge in [-0.15, -0.1) is 0 Å². The lowest BCUT2D eigenvalue weighted by Crippen LogP contribution is -2.36. The van der Waals surface area contributed by atoms with E-state index < -0.39 is 4.92 Å². The predicted molar refractivity (Wildman–Crippen MR) is 74.4 cm³/mol. The summed E-state index contributed by atoms with van der Waals surface area (Å²) in [6, 6.07) is 2.94. The summed E-state index contributed by atoms with van der Waals surface area (Å²) in [6.07, 6.45) is 5.22. The molecular weight excluding hydrogens is 260 g/mol. The van der Waals surface area contributed by atoms with Crippen LogP contribution in [0.25, 0.3) is 0 Å². The fourth-order valence-electron chi connectivity index (χ4n) is 2.21. The van der Waals surface area contributed by atoms with Crippen LogP contribution in [0.15, 0.2) is 18.3 Å². The molecule has 1 amide bonds. The van der Waals surface area contributed by atoms with Crippen molar-refractivity contribution in [2.75, 3.05) is 25.0 Å². The van der Waals surface area contributed by atoms with Crippen molar-refractivity contribution in [1.82, 2.24) is 9.88 Å². The van der Waals surface area contributed by atoms with Crippen molar-refractivity contribution in [3.8, 4) is 0 Å². The first kappa shape index (κ1) is 14.2. The van der Waals surface area contributed by atoms with Crippen LogP contribution < -0.4 is 5.32 Å². The van der Waals surface area contributed by atoms with E-state index >= 15 is 0 Å². The molecule has 20 heavy (non-hydrogen) atoms. The minimum Gasteiger partial charge on any atom is -0.381 e. The maximum atomic E-state index is 11.9. The normalized spacial score (nSPS) is 14.9. The highest BCUT2D eigenvalue weighted by Gasteiger charge is 2.15. The third-order valence-electron chi connectivity index (χ3n) is 3.31. The van der Waals surface area contributed by atoms with Gasteiger partial charge in [0.1, 0.15) is 0 Å². The van der Waals surface area contributed by atoms with Gasteiger partial charge < -0.3 is 20.3 Å². The summed E-state index contributed by atoms with van der Waals surface area (Å²) in [6.45, 7) is 2.23. The molecule has 0 saturated carbocycles. The first-order valence-electron chi connectivity index (χ1n) is 6.79. The van der Waals surface area contributed by atoms with E-state index in [-0.39, 0.29) is 11.7 Å². The van der Waals surface area contributed by atoms with Crippen molar-refractivity contribution in [3.05, 3.63) is 28.4 Å². The van der Waals surface area contributed by atoms with Gasteiger partial charge in [0.05, 0.1) is 5.69 Å². The smallest absolute Gasteiger partial charge is 0.363 e. The number of hydrogen-bond donors (Lipinski definition) is 1. The molecule has 108 valence electrons. The van der Waals surface area contributed by atoms with Gasteiger partial charge in [0.25, 0.3) is 0 Å². The Hall–Kier alpha value is -2.18. The van der Waals surface area contributed by atoms with E-state index in [2.05, 4.69) is 10.3 Å². The van der Waals surface area contributed by atoms with Gasteiger partial charge in [-0.3, -0.25) is 4.79 Å². The number of anilines is 1. The summed E-state index contributed by atoms with van der Waals surface area (Å²) < 4.78 is 0. The minimum absolute atomic E-state index is 0.159. The average molecular weight is 278 g/mol. The highest BCUT2D eigenvalue weighted by atomic mass is 16.6. The van der Waals surface area contributed by atoms with Crippen molar-refractivity contribution in [2.24, 2.45) is 0 Å². The minimum atomic E-state index is -0.538. The summed E-state index contributed by atoms with van der Waals surface area (Å²) >= 11 is 0. The lowest BCUT2D eigenvalue weighted by molar-refractivity contribution is -0.389. The Morgan fingerprint density at radius 3 is 2.70 bits per heavy atom. The summed E-state index contributed by atoms with van der Waals surface area (Å²) in [7, 11) is 0. The monoisotopic (exact) mass is 278 g/mol. The third-order valence-corrected chi connectivity index (χ3v) is 3.31. The molecule has 2 rings (SSSR count). The van der Waals surface area contributed by atoms with Gasteiger partial charge in [0, 0.05) is 32.1 Å². The van der Waals surface area contributed by atoms with Gasteiger partial charge in [-0.2, -0.15) is 0 Å². The average Bonchev–Trinajstić information content (AvgIpc) is 2.48. The van der Waals surface area contributed by atoms with Crippen molar-refractivity contribution >= 4 is 17.4 Å². The number of likely N-dealkylation sites (tertiary alicyclic amines) is 1. The van der Waals surface area contributed by atoms with E-state index in [1.165, 1.54) is 18.7 Å². The van der Waals surface area contributed by atoms with Crippen molar-refractivity contribution < 1.29 is 9.72 Å². The molecule has 1 aromatic heterocycles. The highest BCUT2D eigenvalue weighted by molar-refractivity contribution is 5.76. The molecule has 0 aromatic carbocycles. The molecule has 1 saturated heterocycles. The molecule has 1 fully saturated rings. The molecule has 0 atom stereocenters. The number of hydrogen-bond acceptors (Lipinski definition) is 5. The predicted octanol–water partition coefficient (Wildman–Crippen LogP) is 1.80. The molecule has 0 aliphatic carbocycles. The zero-order chi connectivity index (χ0) is 14.4. The second-order valence-electron chi connectivity index (χ2n) is 4.78. The Morgan fingerprint density at radius 1 is 1.35 bits per heavy atom. The van der Waals surface area contributed by atoms with E-state index in [0.717, 1.165) is 25.9 Å². The molecule has 1 aliphatic heterocycles. The van der Waals surface area contributed by atoms with Crippen molar-refractivity contribution in [1.29, 1.82) is 0 Å². The zero-order valence-corrected chi connectivity index (χ0v) is 11.2. The number of nitro groups is 1. The van der Waals surface area contributed by atoms with Crippen molar-refractivity contribution in [2.45, 2.75) is 25.7 Å². The Bertz CT molecular complexity index is 469. The van der Waals surface area contributed by atoms with E-state index in [4.69, 9.17) is 0 Å². The van der Waals surface area contributed by atoms with Crippen LogP contribution in [0.2, 0.25) is 0 Å². The Morgan fingerprint density at radius 2 is 2.10 bits per heavy atom. The highest BCUT2D eigenvalue weighted by Crippen LogP contribution is 2.12. The van der Waals surface area contributed by atoms with Gasteiger partial charge in [0.2, 0.25) is 5.91 Å². The fourth-order valence-corrected chi connectivity index (χ4v) is 2.21.